The Morgan fingerprint density at radius 1 is 1.08 bits per heavy atom. The van der Waals surface area contributed by atoms with Gasteiger partial charge in [-0.3, -0.25) is 14.6 Å². The molecule has 2 aliphatic heterocycles. The number of carbonyl (C=O) groups excluding carboxylic acids is 2. The molecule has 0 fully saturated rings. The number of likely N-dealkylation sites (N-methyl/N-ethyl adjacent to an activating group) is 1. The molecule has 2 aromatic carbocycles. The first-order valence-corrected chi connectivity index (χ1v) is 13.2. The van der Waals surface area contributed by atoms with Crippen molar-refractivity contribution in [2.24, 2.45) is 4.99 Å². The van der Waals surface area contributed by atoms with E-state index in [4.69, 9.17) is 0 Å². The number of amides is 2. The Balaban J connectivity index is 1.51. The fourth-order valence-corrected chi connectivity index (χ4v) is 4.62. The Hall–Kier alpha value is -3.69. The summed E-state index contributed by atoms with van der Waals surface area (Å²) in [4.78, 5) is 32.8. The van der Waals surface area contributed by atoms with E-state index in [2.05, 4.69) is 46.9 Å². The molecule has 0 aromatic heterocycles. The number of nitrogens with zero attached hydrogens (tertiary/aromatic N) is 4. The molecule has 202 valence electrons. The summed E-state index contributed by atoms with van der Waals surface area (Å²) in [5.74, 6) is 0.574. The van der Waals surface area contributed by atoms with Crippen LogP contribution in [-0.4, -0.2) is 73.5 Å². The van der Waals surface area contributed by atoms with Gasteiger partial charge >= 0.3 is 0 Å². The second kappa shape index (κ2) is 12.7. The molecule has 2 aromatic rings. The molecule has 2 aliphatic rings. The van der Waals surface area contributed by atoms with Crippen LogP contribution < -0.4 is 20.9 Å². The molecule has 0 saturated heterocycles. The highest BCUT2D eigenvalue weighted by molar-refractivity contribution is 6.01. The van der Waals surface area contributed by atoms with Crippen LogP contribution in [0.4, 0.5) is 5.69 Å². The second-order valence-electron chi connectivity index (χ2n) is 10.1. The quantitative estimate of drug-likeness (QED) is 0.396. The average molecular weight is 518 g/mol. The monoisotopic (exact) mass is 517 g/mol. The van der Waals surface area contributed by atoms with Crippen molar-refractivity contribution in [3.8, 4) is 0 Å². The molecular weight excluding hydrogens is 478 g/mol. The van der Waals surface area contributed by atoms with Gasteiger partial charge in [-0.05, 0) is 35.8 Å². The topological polar surface area (TPSA) is 92.3 Å². The summed E-state index contributed by atoms with van der Waals surface area (Å²) in [6.45, 7) is 9.59. The third kappa shape index (κ3) is 6.99. The molecule has 0 unspecified atom stereocenters. The number of aryl methyl sites for hydroxylation is 1. The smallest absolute Gasteiger partial charge is 0.256 e. The van der Waals surface area contributed by atoms with Gasteiger partial charge in [0.2, 0.25) is 5.91 Å². The molecule has 38 heavy (non-hydrogen) atoms. The number of rotatable bonds is 11. The maximum atomic E-state index is 13.5. The summed E-state index contributed by atoms with van der Waals surface area (Å²) in [5.41, 5.74) is 5.20. The molecule has 0 atom stereocenters. The zero-order valence-corrected chi connectivity index (χ0v) is 22.8. The summed E-state index contributed by atoms with van der Waals surface area (Å²) in [6, 6.07) is 14.6. The number of hydrogen-bond acceptors (Lipinski definition) is 7. The normalized spacial score (nSPS) is 14.6. The second-order valence-corrected chi connectivity index (χ2v) is 10.1. The van der Waals surface area contributed by atoms with Crippen molar-refractivity contribution in [3.63, 3.8) is 0 Å². The SMILES string of the molecule is Cc1ccc(C2=NC=CCN2)cc1N(CC(=O)NCCNC(C)C)CC(=O)N(C)N1Cc2ccccc2C1. The lowest BCUT2D eigenvalue weighted by atomic mass is 10.1. The third-order valence-electron chi connectivity index (χ3n) is 6.79. The zero-order valence-electron chi connectivity index (χ0n) is 22.8. The van der Waals surface area contributed by atoms with Crippen LogP contribution in [0, 0.1) is 6.92 Å². The predicted molar refractivity (Wildman–Crippen MR) is 152 cm³/mol. The van der Waals surface area contributed by atoms with Gasteiger partial charge in [-0.15, -0.1) is 0 Å². The molecule has 2 amide bonds. The van der Waals surface area contributed by atoms with E-state index in [0.717, 1.165) is 22.6 Å². The average Bonchev–Trinajstić information content (AvgIpc) is 3.35. The van der Waals surface area contributed by atoms with Gasteiger partial charge in [-0.2, -0.15) is 0 Å². The largest absolute Gasteiger partial charge is 0.366 e. The van der Waals surface area contributed by atoms with Gasteiger partial charge in [0.15, 0.2) is 0 Å². The summed E-state index contributed by atoms with van der Waals surface area (Å²) >= 11 is 0. The first kappa shape index (κ1) is 27.3. The Morgan fingerprint density at radius 2 is 1.82 bits per heavy atom. The van der Waals surface area contributed by atoms with Crippen LogP contribution >= 0.6 is 0 Å². The maximum absolute atomic E-state index is 13.5. The number of hydrazine groups is 1. The number of benzene rings is 2. The Labute approximate surface area is 225 Å². The highest BCUT2D eigenvalue weighted by Crippen LogP contribution is 2.25. The van der Waals surface area contributed by atoms with E-state index in [-0.39, 0.29) is 24.9 Å². The van der Waals surface area contributed by atoms with Gasteiger partial charge in [0.25, 0.3) is 5.91 Å². The van der Waals surface area contributed by atoms with Crippen LogP contribution in [0.2, 0.25) is 0 Å². The van der Waals surface area contributed by atoms with E-state index in [9.17, 15) is 9.59 Å². The fraction of sp³-hybridized carbons (Fsp3) is 0.414. The van der Waals surface area contributed by atoms with Crippen molar-refractivity contribution in [2.45, 2.75) is 39.9 Å². The summed E-state index contributed by atoms with van der Waals surface area (Å²) in [6.07, 6.45) is 3.74. The maximum Gasteiger partial charge on any atom is 0.256 e. The number of fused-ring (bicyclic) bond motifs is 1. The lowest BCUT2D eigenvalue weighted by molar-refractivity contribution is -0.145. The van der Waals surface area contributed by atoms with Gasteiger partial charge in [0.1, 0.15) is 5.84 Å². The minimum absolute atomic E-state index is 0.0745. The first-order chi connectivity index (χ1) is 18.3. The molecule has 9 nitrogen and oxygen atoms in total. The highest BCUT2D eigenvalue weighted by atomic mass is 16.2. The van der Waals surface area contributed by atoms with Gasteiger partial charge in [0.05, 0.1) is 13.1 Å². The molecule has 0 bridgehead atoms. The number of amidine groups is 1. The van der Waals surface area contributed by atoms with Gasteiger partial charge in [-0.25, -0.2) is 10.0 Å². The van der Waals surface area contributed by atoms with E-state index >= 15 is 0 Å². The van der Waals surface area contributed by atoms with Gasteiger partial charge in [-0.1, -0.05) is 50.2 Å². The van der Waals surface area contributed by atoms with Crippen molar-refractivity contribution >= 4 is 23.3 Å². The standard InChI is InChI=1S/C29H39N7O2/c1-21(2)30-14-15-31-27(37)19-35(26-16-23(11-10-22(26)3)29-32-12-7-13-33-29)20-28(38)34(4)36-17-24-8-5-6-9-25(24)18-36/h5-12,16,21,30H,13-15,17-20H2,1-4H3,(H,31,37)(H,32,33). The van der Waals surface area contributed by atoms with E-state index < -0.39 is 0 Å². The molecule has 0 saturated carbocycles. The molecule has 9 heteroatoms. The Kier molecular flexibility index (Phi) is 9.15. The summed E-state index contributed by atoms with van der Waals surface area (Å²) in [7, 11) is 1.81. The predicted octanol–water partition coefficient (Wildman–Crippen LogP) is 2.17. The number of carbonyl (C=O) groups is 2. The Bertz CT molecular complexity index is 1180. The number of aliphatic imine (C=N–C) groups is 1. The van der Waals surface area contributed by atoms with Crippen LogP contribution in [0.25, 0.3) is 0 Å². The van der Waals surface area contributed by atoms with Crippen molar-refractivity contribution < 1.29 is 9.59 Å². The fourth-order valence-electron chi connectivity index (χ4n) is 4.62. The lowest BCUT2D eigenvalue weighted by Crippen LogP contribution is -2.48. The first-order valence-electron chi connectivity index (χ1n) is 13.2. The summed E-state index contributed by atoms with van der Waals surface area (Å²) < 4.78 is 0. The van der Waals surface area contributed by atoms with Crippen molar-refractivity contribution in [2.75, 3.05) is 44.7 Å². The van der Waals surface area contributed by atoms with Crippen molar-refractivity contribution in [1.29, 1.82) is 0 Å². The van der Waals surface area contributed by atoms with Crippen LogP contribution in [-0.2, 0) is 22.7 Å². The Morgan fingerprint density at radius 3 is 2.47 bits per heavy atom. The van der Waals surface area contributed by atoms with Crippen molar-refractivity contribution in [3.05, 3.63) is 77.0 Å². The van der Waals surface area contributed by atoms with E-state index in [0.29, 0.717) is 38.8 Å². The molecule has 3 N–H and O–H groups in total. The lowest BCUT2D eigenvalue weighted by Gasteiger charge is -2.32. The van der Waals surface area contributed by atoms with Crippen LogP contribution in [0.5, 0.6) is 0 Å². The number of anilines is 1. The van der Waals surface area contributed by atoms with Crippen LogP contribution in [0.15, 0.2) is 59.7 Å². The summed E-state index contributed by atoms with van der Waals surface area (Å²) in [5, 5.41) is 13.3. The van der Waals surface area contributed by atoms with Crippen LogP contribution in [0.1, 0.15) is 36.1 Å². The highest BCUT2D eigenvalue weighted by Gasteiger charge is 2.27. The van der Waals surface area contributed by atoms with E-state index in [1.165, 1.54) is 11.1 Å². The number of hydrogen-bond donors (Lipinski definition) is 3. The third-order valence-corrected chi connectivity index (χ3v) is 6.79. The van der Waals surface area contributed by atoms with Gasteiger partial charge < -0.3 is 20.9 Å². The zero-order chi connectivity index (χ0) is 27.1. The molecule has 4 rings (SSSR count). The minimum atomic E-state index is -0.125. The van der Waals surface area contributed by atoms with Crippen molar-refractivity contribution in [1.82, 2.24) is 26.0 Å². The van der Waals surface area contributed by atoms with E-state index in [1.807, 2.05) is 53.2 Å². The van der Waals surface area contributed by atoms with E-state index in [1.54, 1.807) is 18.3 Å². The number of nitrogens with one attached hydrogen (secondary N) is 3. The molecule has 0 spiro atoms. The molecular formula is C29H39N7O2. The van der Waals surface area contributed by atoms with Gasteiger partial charge in [0, 0.05) is 63.3 Å². The minimum Gasteiger partial charge on any atom is -0.366 e. The molecule has 0 aliphatic carbocycles. The van der Waals surface area contributed by atoms with Crippen LogP contribution in [0.3, 0.4) is 0 Å². The molecule has 0 radical (unpaired) electrons. The molecule has 2 heterocycles.